The van der Waals surface area contributed by atoms with Crippen molar-refractivity contribution in [1.29, 1.82) is 0 Å². The van der Waals surface area contributed by atoms with Gasteiger partial charge in [-0.05, 0) is 25.1 Å². The molecule has 2 rings (SSSR count). The van der Waals surface area contributed by atoms with Crippen molar-refractivity contribution in [2.45, 2.75) is 6.92 Å². The molecule has 1 amide bonds. The second kappa shape index (κ2) is 6.88. The average molecular weight is 312 g/mol. The van der Waals surface area contributed by atoms with Crippen LogP contribution in [0, 0.1) is 0 Å². The van der Waals surface area contributed by atoms with E-state index in [1.807, 2.05) is 6.92 Å². The third-order valence-corrected chi connectivity index (χ3v) is 4.66. The van der Waals surface area contributed by atoms with Crippen LogP contribution in [0.5, 0.6) is 0 Å². The van der Waals surface area contributed by atoms with Gasteiger partial charge in [0.25, 0.3) is 5.91 Å². The second-order valence-corrected chi connectivity index (χ2v) is 6.37. The van der Waals surface area contributed by atoms with Gasteiger partial charge in [-0.2, -0.15) is 12.7 Å². The van der Waals surface area contributed by atoms with Gasteiger partial charge in [0.15, 0.2) is 0 Å². The number of piperazine rings is 1. The van der Waals surface area contributed by atoms with E-state index in [-0.39, 0.29) is 5.91 Å². The summed E-state index contributed by atoms with van der Waals surface area (Å²) in [5, 5.41) is 5.78. The molecule has 0 saturated carbocycles. The lowest BCUT2D eigenvalue weighted by atomic mass is 10.2. The van der Waals surface area contributed by atoms with Crippen molar-refractivity contribution >= 4 is 21.8 Å². The largest absolute Gasteiger partial charge is 0.352 e. The van der Waals surface area contributed by atoms with Crippen LogP contribution in [-0.4, -0.2) is 51.4 Å². The highest BCUT2D eigenvalue weighted by molar-refractivity contribution is 7.90. The van der Waals surface area contributed by atoms with Gasteiger partial charge in [0.2, 0.25) is 0 Å². The van der Waals surface area contributed by atoms with E-state index < -0.39 is 10.2 Å². The van der Waals surface area contributed by atoms with E-state index in [4.69, 9.17) is 0 Å². The van der Waals surface area contributed by atoms with Crippen molar-refractivity contribution in [1.82, 2.24) is 14.9 Å². The van der Waals surface area contributed by atoms with Gasteiger partial charge in [0.1, 0.15) is 0 Å². The van der Waals surface area contributed by atoms with Crippen LogP contribution in [0.2, 0.25) is 0 Å². The van der Waals surface area contributed by atoms with Crippen LogP contribution in [0.3, 0.4) is 0 Å². The van der Waals surface area contributed by atoms with Crippen molar-refractivity contribution in [3.05, 3.63) is 29.8 Å². The van der Waals surface area contributed by atoms with Gasteiger partial charge in [-0.3, -0.25) is 9.52 Å². The molecule has 0 spiro atoms. The van der Waals surface area contributed by atoms with Gasteiger partial charge in [0, 0.05) is 38.3 Å². The van der Waals surface area contributed by atoms with Gasteiger partial charge in [-0.1, -0.05) is 6.07 Å². The van der Waals surface area contributed by atoms with Crippen LogP contribution in [0.1, 0.15) is 17.3 Å². The zero-order valence-corrected chi connectivity index (χ0v) is 12.7. The van der Waals surface area contributed by atoms with Gasteiger partial charge in [-0.25, -0.2) is 0 Å². The normalized spacial score (nSPS) is 16.4. The molecule has 0 radical (unpaired) electrons. The molecule has 0 unspecified atom stereocenters. The van der Waals surface area contributed by atoms with Crippen LogP contribution in [-0.2, 0) is 10.2 Å². The Morgan fingerprint density at radius 2 is 2.05 bits per heavy atom. The van der Waals surface area contributed by atoms with Crippen LogP contribution in [0.15, 0.2) is 24.3 Å². The molecule has 8 heteroatoms. The third-order valence-electron chi connectivity index (χ3n) is 3.12. The summed E-state index contributed by atoms with van der Waals surface area (Å²) in [6, 6.07) is 6.46. The molecule has 1 fully saturated rings. The standard InChI is InChI=1S/C13H20N4O3S/c1-2-15-13(18)11-4-3-5-12(10-11)16-21(19,20)17-8-6-14-7-9-17/h3-5,10,14,16H,2,6-9H2,1H3,(H,15,18). The quantitative estimate of drug-likeness (QED) is 0.714. The summed E-state index contributed by atoms with van der Waals surface area (Å²) >= 11 is 0. The van der Waals surface area contributed by atoms with E-state index in [1.54, 1.807) is 18.2 Å². The Balaban J connectivity index is 2.11. The molecule has 21 heavy (non-hydrogen) atoms. The van der Waals surface area contributed by atoms with Crippen LogP contribution < -0.4 is 15.4 Å². The lowest BCUT2D eigenvalue weighted by Crippen LogP contribution is -2.48. The van der Waals surface area contributed by atoms with Gasteiger partial charge in [0.05, 0.1) is 5.69 Å². The zero-order valence-electron chi connectivity index (χ0n) is 11.9. The molecular weight excluding hydrogens is 292 g/mol. The minimum atomic E-state index is -3.58. The first-order valence-corrected chi connectivity index (χ1v) is 8.34. The molecule has 1 saturated heterocycles. The number of carbonyl (C=O) groups is 1. The van der Waals surface area contributed by atoms with E-state index in [2.05, 4.69) is 15.4 Å². The maximum Gasteiger partial charge on any atom is 0.301 e. The van der Waals surface area contributed by atoms with Gasteiger partial charge >= 0.3 is 10.2 Å². The number of benzene rings is 1. The molecule has 7 nitrogen and oxygen atoms in total. The molecule has 1 heterocycles. The van der Waals surface area contributed by atoms with Crippen molar-refractivity contribution in [2.75, 3.05) is 37.4 Å². The maximum absolute atomic E-state index is 12.2. The second-order valence-electron chi connectivity index (χ2n) is 4.70. The molecule has 0 aromatic heterocycles. The number of nitrogens with zero attached hydrogens (tertiary/aromatic N) is 1. The molecule has 1 aromatic rings. The Bertz CT molecular complexity index is 597. The zero-order chi connectivity index (χ0) is 15.3. The molecular formula is C13H20N4O3S. The Morgan fingerprint density at radius 3 is 2.71 bits per heavy atom. The SMILES string of the molecule is CCNC(=O)c1cccc(NS(=O)(=O)N2CCNCC2)c1. The fourth-order valence-electron chi connectivity index (χ4n) is 2.08. The summed E-state index contributed by atoms with van der Waals surface area (Å²) in [6.45, 7) is 4.50. The highest BCUT2D eigenvalue weighted by Crippen LogP contribution is 2.14. The van der Waals surface area contributed by atoms with Crippen molar-refractivity contribution in [3.8, 4) is 0 Å². The maximum atomic E-state index is 12.2. The highest BCUT2D eigenvalue weighted by Gasteiger charge is 2.23. The van der Waals surface area contributed by atoms with Crippen LogP contribution in [0.25, 0.3) is 0 Å². The predicted octanol–water partition coefficient (Wildman–Crippen LogP) is -0.00180. The number of anilines is 1. The summed E-state index contributed by atoms with van der Waals surface area (Å²) in [5.41, 5.74) is 0.814. The Morgan fingerprint density at radius 1 is 1.33 bits per heavy atom. The van der Waals surface area contributed by atoms with Crippen molar-refractivity contribution in [2.24, 2.45) is 0 Å². The first kappa shape index (κ1) is 15.7. The van der Waals surface area contributed by atoms with Gasteiger partial charge < -0.3 is 10.6 Å². The molecule has 0 bridgehead atoms. The Hall–Kier alpha value is -1.64. The molecule has 1 aliphatic heterocycles. The van der Waals surface area contributed by atoms with Crippen LogP contribution in [0.4, 0.5) is 5.69 Å². The number of hydrogen-bond acceptors (Lipinski definition) is 4. The van der Waals surface area contributed by atoms with E-state index in [9.17, 15) is 13.2 Å². The van der Waals surface area contributed by atoms with E-state index >= 15 is 0 Å². The lowest BCUT2D eigenvalue weighted by Gasteiger charge is -2.26. The minimum absolute atomic E-state index is 0.222. The number of rotatable bonds is 5. The van der Waals surface area contributed by atoms with Crippen molar-refractivity contribution < 1.29 is 13.2 Å². The molecule has 1 aromatic carbocycles. The molecule has 1 aliphatic rings. The summed E-state index contributed by atoms with van der Waals surface area (Å²) in [6.07, 6.45) is 0. The molecule has 3 N–H and O–H groups in total. The average Bonchev–Trinajstić information content (AvgIpc) is 2.48. The topological polar surface area (TPSA) is 90.5 Å². The van der Waals surface area contributed by atoms with E-state index in [1.165, 1.54) is 10.4 Å². The fraction of sp³-hybridized carbons (Fsp3) is 0.462. The van der Waals surface area contributed by atoms with Gasteiger partial charge in [-0.15, -0.1) is 0 Å². The Labute approximate surface area is 124 Å². The predicted molar refractivity (Wildman–Crippen MR) is 81.4 cm³/mol. The smallest absolute Gasteiger partial charge is 0.301 e. The number of nitrogens with one attached hydrogen (secondary N) is 3. The first-order valence-electron chi connectivity index (χ1n) is 6.90. The number of amides is 1. The number of hydrogen-bond donors (Lipinski definition) is 3. The summed E-state index contributed by atoms with van der Waals surface area (Å²) in [4.78, 5) is 11.8. The summed E-state index contributed by atoms with van der Waals surface area (Å²) in [7, 11) is -3.58. The lowest BCUT2D eigenvalue weighted by molar-refractivity contribution is 0.0956. The first-order chi connectivity index (χ1) is 10.0. The summed E-state index contributed by atoms with van der Waals surface area (Å²) in [5.74, 6) is -0.222. The van der Waals surface area contributed by atoms with Crippen LogP contribution >= 0.6 is 0 Å². The monoisotopic (exact) mass is 312 g/mol. The fourth-order valence-corrected chi connectivity index (χ4v) is 3.30. The van der Waals surface area contributed by atoms with Crippen molar-refractivity contribution in [3.63, 3.8) is 0 Å². The van der Waals surface area contributed by atoms with E-state index in [0.29, 0.717) is 44.0 Å². The highest BCUT2D eigenvalue weighted by atomic mass is 32.2. The molecule has 116 valence electrons. The Kier molecular flexibility index (Phi) is 5.16. The summed E-state index contributed by atoms with van der Waals surface area (Å²) < 4.78 is 28.4. The molecule has 0 atom stereocenters. The minimum Gasteiger partial charge on any atom is -0.352 e. The van der Waals surface area contributed by atoms with E-state index in [0.717, 1.165) is 0 Å². The number of carbonyl (C=O) groups excluding carboxylic acids is 1. The third kappa shape index (κ3) is 4.16. The molecule has 0 aliphatic carbocycles.